The van der Waals surface area contributed by atoms with Crippen molar-refractivity contribution in [1.82, 2.24) is 9.55 Å². The summed E-state index contributed by atoms with van der Waals surface area (Å²) >= 11 is 0. The third-order valence-electron chi connectivity index (χ3n) is 3.62. The van der Waals surface area contributed by atoms with E-state index in [0.29, 0.717) is 5.92 Å². The van der Waals surface area contributed by atoms with Crippen LogP contribution in [0.5, 0.6) is 0 Å². The molecular formula is C18H23N3O2. The third-order valence-corrected chi connectivity index (χ3v) is 3.62. The van der Waals surface area contributed by atoms with Crippen molar-refractivity contribution in [2.75, 3.05) is 5.32 Å². The van der Waals surface area contributed by atoms with Crippen molar-refractivity contribution in [2.45, 2.75) is 46.1 Å². The van der Waals surface area contributed by atoms with Crippen LogP contribution < -0.4 is 10.9 Å². The molecule has 23 heavy (non-hydrogen) atoms. The summed E-state index contributed by atoms with van der Waals surface area (Å²) in [6, 6.07) is 9.23. The van der Waals surface area contributed by atoms with Crippen molar-refractivity contribution in [3.8, 4) is 0 Å². The normalized spacial score (nSPS) is 10.8. The molecule has 0 saturated carbocycles. The smallest absolute Gasteiger partial charge is 0.253 e. The zero-order valence-electron chi connectivity index (χ0n) is 13.9. The van der Waals surface area contributed by atoms with Gasteiger partial charge in [0.2, 0.25) is 5.91 Å². The van der Waals surface area contributed by atoms with Gasteiger partial charge in [0.1, 0.15) is 6.54 Å². The van der Waals surface area contributed by atoms with E-state index in [1.165, 1.54) is 22.5 Å². The number of amides is 1. The van der Waals surface area contributed by atoms with Gasteiger partial charge in [0, 0.05) is 17.4 Å². The van der Waals surface area contributed by atoms with Gasteiger partial charge in [-0.15, -0.1) is 0 Å². The maximum Gasteiger partial charge on any atom is 0.253 e. The number of hydrogen-bond acceptors (Lipinski definition) is 3. The van der Waals surface area contributed by atoms with Crippen LogP contribution in [-0.4, -0.2) is 15.5 Å². The Morgan fingerprint density at radius 1 is 1.26 bits per heavy atom. The number of rotatable bonds is 6. The molecule has 1 N–H and O–H groups in total. The second-order valence-electron chi connectivity index (χ2n) is 5.92. The first kappa shape index (κ1) is 16.9. The number of anilines is 1. The molecule has 0 atom stereocenters. The van der Waals surface area contributed by atoms with E-state index in [-0.39, 0.29) is 18.0 Å². The van der Waals surface area contributed by atoms with Crippen LogP contribution in [0.4, 0.5) is 5.69 Å². The van der Waals surface area contributed by atoms with E-state index < -0.39 is 0 Å². The molecule has 1 aromatic heterocycles. The Kier molecular flexibility index (Phi) is 5.68. The van der Waals surface area contributed by atoms with Gasteiger partial charge in [0.25, 0.3) is 5.56 Å². The summed E-state index contributed by atoms with van der Waals surface area (Å²) in [4.78, 5) is 28.2. The van der Waals surface area contributed by atoms with Crippen molar-refractivity contribution in [3.05, 3.63) is 58.3 Å². The molecule has 1 heterocycles. The number of benzene rings is 1. The number of nitrogens with zero attached hydrogens (tertiary/aromatic N) is 2. The first-order chi connectivity index (χ1) is 11.0. The number of hydrogen-bond donors (Lipinski definition) is 1. The summed E-state index contributed by atoms with van der Waals surface area (Å²) in [7, 11) is 0. The van der Waals surface area contributed by atoms with Crippen LogP contribution in [0.15, 0.2) is 41.5 Å². The van der Waals surface area contributed by atoms with E-state index in [2.05, 4.69) is 24.1 Å². The van der Waals surface area contributed by atoms with Gasteiger partial charge >= 0.3 is 0 Å². The van der Waals surface area contributed by atoms with Crippen molar-refractivity contribution in [1.29, 1.82) is 0 Å². The number of nitrogens with one attached hydrogen (secondary N) is 1. The molecule has 0 fully saturated rings. The molecule has 0 bridgehead atoms. The fraction of sp³-hybridized carbons (Fsp3) is 0.389. The summed E-state index contributed by atoms with van der Waals surface area (Å²) in [5.74, 6) is 0.209. The molecule has 0 aliphatic rings. The first-order valence-electron chi connectivity index (χ1n) is 7.94. The summed E-state index contributed by atoms with van der Waals surface area (Å²) < 4.78 is 1.32. The molecule has 0 radical (unpaired) electrons. The van der Waals surface area contributed by atoms with E-state index in [1.807, 2.05) is 31.2 Å². The van der Waals surface area contributed by atoms with Gasteiger partial charge in [-0.2, -0.15) is 0 Å². The van der Waals surface area contributed by atoms with E-state index in [0.717, 1.165) is 24.2 Å². The third kappa shape index (κ3) is 4.77. The van der Waals surface area contributed by atoms with E-state index >= 15 is 0 Å². The number of carbonyl (C=O) groups excluding carboxylic acids is 1. The van der Waals surface area contributed by atoms with Crippen LogP contribution in [-0.2, 0) is 17.8 Å². The lowest BCUT2D eigenvalue weighted by molar-refractivity contribution is -0.116. The molecule has 1 amide bonds. The summed E-state index contributed by atoms with van der Waals surface area (Å²) in [5, 5.41) is 2.80. The minimum Gasteiger partial charge on any atom is -0.325 e. The first-order valence-corrected chi connectivity index (χ1v) is 7.94. The summed E-state index contributed by atoms with van der Waals surface area (Å²) in [5.41, 5.74) is 2.50. The van der Waals surface area contributed by atoms with Crippen LogP contribution >= 0.6 is 0 Å². The zero-order valence-corrected chi connectivity index (χ0v) is 13.9. The molecular weight excluding hydrogens is 290 g/mol. The molecule has 0 unspecified atom stereocenters. The number of carbonyl (C=O) groups is 1. The van der Waals surface area contributed by atoms with Gasteiger partial charge < -0.3 is 5.32 Å². The minimum absolute atomic E-state index is 0.0375. The highest BCUT2D eigenvalue weighted by molar-refractivity contribution is 5.90. The Morgan fingerprint density at radius 3 is 2.52 bits per heavy atom. The van der Waals surface area contributed by atoms with Gasteiger partial charge in [-0.3, -0.25) is 14.2 Å². The Bertz CT molecular complexity index is 718. The maximum atomic E-state index is 12.1. The molecule has 5 nitrogen and oxygen atoms in total. The van der Waals surface area contributed by atoms with E-state index in [4.69, 9.17) is 0 Å². The standard InChI is InChI=1S/C18H23N3O2/c1-4-5-16-10-18(23)21(12-19-16)11-17(22)20-15-8-6-14(7-9-15)13(2)3/h6-10,12-13H,4-5,11H2,1-3H3,(H,20,22). The van der Waals surface area contributed by atoms with Crippen LogP contribution in [0.1, 0.15) is 44.4 Å². The Morgan fingerprint density at radius 2 is 1.96 bits per heavy atom. The quantitative estimate of drug-likeness (QED) is 0.891. The molecule has 0 saturated heterocycles. The average Bonchev–Trinajstić information content (AvgIpc) is 2.51. The van der Waals surface area contributed by atoms with E-state index in [9.17, 15) is 9.59 Å². The van der Waals surface area contributed by atoms with Gasteiger partial charge in [0.05, 0.1) is 6.33 Å². The maximum absolute atomic E-state index is 12.1. The Labute approximate surface area is 136 Å². The summed E-state index contributed by atoms with van der Waals surface area (Å²) in [6.45, 7) is 6.24. The Hall–Kier alpha value is -2.43. The number of aryl methyl sites for hydroxylation is 1. The lowest BCUT2D eigenvalue weighted by Crippen LogP contribution is -2.27. The molecule has 0 spiro atoms. The van der Waals surface area contributed by atoms with Crippen molar-refractivity contribution in [3.63, 3.8) is 0 Å². The molecule has 122 valence electrons. The van der Waals surface area contributed by atoms with Crippen LogP contribution in [0.25, 0.3) is 0 Å². The number of aromatic nitrogens is 2. The molecule has 0 aliphatic carbocycles. The average molecular weight is 313 g/mol. The highest BCUT2D eigenvalue weighted by atomic mass is 16.2. The Balaban J connectivity index is 2.00. The second-order valence-corrected chi connectivity index (χ2v) is 5.92. The predicted molar refractivity (Wildman–Crippen MR) is 91.7 cm³/mol. The molecule has 1 aromatic carbocycles. The molecule has 2 rings (SSSR count). The van der Waals surface area contributed by atoms with Crippen molar-refractivity contribution < 1.29 is 4.79 Å². The van der Waals surface area contributed by atoms with Gasteiger partial charge in [0.15, 0.2) is 0 Å². The van der Waals surface area contributed by atoms with Crippen LogP contribution in [0.3, 0.4) is 0 Å². The van der Waals surface area contributed by atoms with Gasteiger partial charge in [-0.25, -0.2) is 4.98 Å². The van der Waals surface area contributed by atoms with Crippen LogP contribution in [0, 0.1) is 0 Å². The molecule has 2 aromatic rings. The lowest BCUT2D eigenvalue weighted by atomic mass is 10.0. The fourth-order valence-corrected chi connectivity index (χ4v) is 2.28. The SMILES string of the molecule is CCCc1cc(=O)n(CC(=O)Nc2ccc(C(C)C)cc2)cn1. The summed E-state index contributed by atoms with van der Waals surface area (Å²) in [6.07, 6.45) is 3.14. The van der Waals surface area contributed by atoms with Crippen molar-refractivity contribution in [2.24, 2.45) is 0 Å². The highest BCUT2D eigenvalue weighted by Gasteiger charge is 2.07. The zero-order chi connectivity index (χ0) is 16.8. The van der Waals surface area contributed by atoms with Gasteiger partial charge in [-0.05, 0) is 30.0 Å². The van der Waals surface area contributed by atoms with Crippen LogP contribution in [0.2, 0.25) is 0 Å². The predicted octanol–water partition coefficient (Wildman–Crippen LogP) is 2.96. The van der Waals surface area contributed by atoms with E-state index in [1.54, 1.807) is 0 Å². The topological polar surface area (TPSA) is 64.0 Å². The fourth-order valence-electron chi connectivity index (χ4n) is 2.28. The molecule has 0 aliphatic heterocycles. The largest absolute Gasteiger partial charge is 0.325 e. The minimum atomic E-state index is -0.241. The second kappa shape index (κ2) is 7.72. The monoisotopic (exact) mass is 313 g/mol. The van der Waals surface area contributed by atoms with Crippen molar-refractivity contribution >= 4 is 11.6 Å². The lowest BCUT2D eigenvalue weighted by Gasteiger charge is -2.09. The van der Waals surface area contributed by atoms with Gasteiger partial charge in [-0.1, -0.05) is 39.3 Å². The molecule has 5 heteroatoms. The highest BCUT2D eigenvalue weighted by Crippen LogP contribution is 2.17.